The molecule has 1 unspecified atom stereocenters. The van der Waals surface area contributed by atoms with E-state index in [9.17, 15) is 18.3 Å². The Morgan fingerprint density at radius 2 is 1.88 bits per heavy atom. The van der Waals surface area contributed by atoms with Crippen LogP contribution in [0.1, 0.15) is 22.3 Å². The molecule has 5 fully saturated rings. The van der Waals surface area contributed by atoms with E-state index in [-0.39, 0.29) is 23.3 Å². The number of benzene rings is 2. The Bertz CT molecular complexity index is 1590. The maximum Gasteiger partial charge on any atom is 0.310 e. The molecule has 0 radical (unpaired) electrons. The van der Waals surface area contributed by atoms with Gasteiger partial charge in [-0.3, -0.25) is 9.69 Å². The second-order valence-corrected chi connectivity index (χ2v) is 15.0. The number of nitrogens with zero attached hydrogens (tertiary/aromatic N) is 3. The van der Waals surface area contributed by atoms with Crippen molar-refractivity contribution in [2.24, 2.45) is 23.2 Å². The zero-order valence-corrected chi connectivity index (χ0v) is 24.3. The van der Waals surface area contributed by atoms with Crippen molar-refractivity contribution >= 4 is 32.3 Å². The van der Waals surface area contributed by atoms with E-state index in [1.807, 2.05) is 12.1 Å². The molecule has 2 saturated carbocycles. The Kier molecular flexibility index (Phi) is 6.03. The van der Waals surface area contributed by atoms with Crippen molar-refractivity contribution in [3.05, 3.63) is 64.0 Å². The number of aliphatic carboxylic acids is 1. The van der Waals surface area contributed by atoms with Crippen molar-refractivity contribution in [1.29, 1.82) is 0 Å². The minimum Gasteiger partial charge on any atom is -0.488 e. The molecule has 5 aliphatic rings. The van der Waals surface area contributed by atoms with Crippen LogP contribution in [-0.4, -0.2) is 67.1 Å². The Balaban J connectivity index is 1.02. The highest BCUT2D eigenvalue weighted by atomic mass is 32.2. The lowest BCUT2D eigenvalue weighted by Crippen LogP contribution is -2.42. The van der Waals surface area contributed by atoms with Gasteiger partial charge in [0.2, 0.25) is 0 Å². The monoisotopic (exact) mass is 579 g/mol. The predicted octanol–water partition coefficient (Wildman–Crippen LogP) is 4.00. The summed E-state index contributed by atoms with van der Waals surface area (Å²) in [5, 5.41) is 12.6. The van der Waals surface area contributed by atoms with Crippen LogP contribution in [-0.2, 0) is 27.8 Å². The minimum absolute atomic E-state index is 0.238. The van der Waals surface area contributed by atoms with Crippen molar-refractivity contribution in [2.75, 3.05) is 42.6 Å². The maximum absolute atomic E-state index is 11.7. The average Bonchev–Trinajstić information content (AvgIpc) is 3.74. The van der Waals surface area contributed by atoms with Crippen LogP contribution in [0.4, 0.5) is 5.13 Å². The fraction of sp³-hybridized carbons (Fsp3) is 0.467. The number of aryl methyl sites for hydroxylation is 2. The molecule has 40 heavy (non-hydrogen) atoms. The van der Waals surface area contributed by atoms with Crippen molar-refractivity contribution < 1.29 is 23.1 Å². The lowest BCUT2D eigenvalue weighted by Gasteiger charge is -2.34. The number of piperidine rings is 2. The molecule has 4 atom stereocenters. The van der Waals surface area contributed by atoms with Crippen molar-refractivity contribution in [3.8, 4) is 17.0 Å². The summed E-state index contributed by atoms with van der Waals surface area (Å²) in [4.78, 5) is 21.1. The quantitative estimate of drug-likeness (QED) is 0.428. The van der Waals surface area contributed by atoms with E-state index in [4.69, 9.17) is 9.72 Å². The molecule has 210 valence electrons. The molecule has 0 amide bonds. The van der Waals surface area contributed by atoms with Crippen LogP contribution in [0.15, 0.2) is 41.8 Å². The van der Waals surface area contributed by atoms with E-state index >= 15 is 0 Å². The van der Waals surface area contributed by atoms with Crippen LogP contribution in [0.5, 0.6) is 5.75 Å². The molecule has 0 spiro atoms. The minimum atomic E-state index is -2.88. The van der Waals surface area contributed by atoms with Crippen LogP contribution in [0.2, 0.25) is 0 Å². The third-order valence-electron chi connectivity index (χ3n) is 9.44. The number of thiazole rings is 1. The van der Waals surface area contributed by atoms with Gasteiger partial charge in [-0.25, -0.2) is 13.4 Å². The summed E-state index contributed by atoms with van der Waals surface area (Å²) in [5.41, 5.74) is 6.00. The SMILES string of the molecule is Cc1ccc(OCc2ccc(CN3CCS(=O)(=O)CC3)cc2C)c(-c2csc(N3C[C@@H]4C5[C@H](C3)[C@]54C(=O)O)n2)c1. The fourth-order valence-electron chi connectivity index (χ4n) is 7.00. The summed E-state index contributed by atoms with van der Waals surface area (Å²) in [6.45, 7) is 8.08. The second-order valence-electron chi connectivity index (χ2n) is 11.9. The number of ether oxygens (including phenoxy) is 1. The van der Waals surface area contributed by atoms with Crippen molar-refractivity contribution in [2.45, 2.75) is 27.0 Å². The number of hydrogen-bond donors (Lipinski definition) is 1. The first-order valence-electron chi connectivity index (χ1n) is 13.8. The standard InChI is InChI=1S/C30H33N3O5S2/c1-18-3-6-26(38-16-21-5-4-20(12-19(21)2)13-32-7-9-40(36,37)10-8-32)22(11-18)25-17-39-29(31-25)33-14-23-27-24(15-33)30(23,27)28(34)35/h3-6,11-12,17,23-24,27H,7-10,13-16H2,1-2H3,(H,34,35)/t23-,24+,27?,30+. The Hall–Kier alpha value is -2.95. The number of fused-ring (bicyclic) bond motifs is 2. The lowest BCUT2D eigenvalue weighted by molar-refractivity contribution is -0.142. The number of carbonyl (C=O) groups is 1. The first-order chi connectivity index (χ1) is 19.2. The highest BCUT2D eigenvalue weighted by Crippen LogP contribution is 2.86. The largest absolute Gasteiger partial charge is 0.488 e. The van der Waals surface area contributed by atoms with Crippen molar-refractivity contribution in [3.63, 3.8) is 0 Å². The summed E-state index contributed by atoms with van der Waals surface area (Å²) in [6.07, 6.45) is 0. The molecule has 3 saturated heterocycles. The van der Waals surface area contributed by atoms with Gasteiger partial charge in [0.25, 0.3) is 0 Å². The smallest absolute Gasteiger partial charge is 0.310 e. The number of aromatic nitrogens is 1. The van der Waals surface area contributed by atoms with E-state index in [1.165, 1.54) is 5.56 Å². The van der Waals surface area contributed by atoms with Crippen LogP contribution >= 0.6 is 11.3 Å². The van der Waals surface area contributed by atoms with Crippen molar-refractivity contribution in [1.82, 2.24) is 9.88 Å². The van der Waals surface area contributed by atoms with Gasteiger partial charge >= 0.3 is 5.97 Å². The molecule has 1 aromatic heterocycles. The number of sulfone groups is 1. The molecular formula is C30H33N3O5S2. The van der Waals surface area contributed by atoms with Gasteiger partial charge in [-0.1, -0.05) is 29.8 Å². The number of rotatable bonds is 8. The first-order valence-corrected chi connectivity index (χ1v) is 16.5. The highest BCUT2D eigenvalue weighted by Gasteiger charge is 2.92. The predicted molar refractivity (Wildman–Crippen MR) is 154 cm³/mol. The number of hydrogen-bond acceptors (Lipinski definition) is 8. The van der Waals surface area contributed by atoms with Crippen LogP contribution in [0.3, 0.4) is 0 Å². The van der Waals surface area contributed by atoms with E-state index in [0.29, 0.717) is 25.6 Å². The van der Waals surface area contributed by atoms with Gasteiger partial charge in [-0.2, -0.15) is 0 Å². The third-order valence-corrected chi connectivity index (χ3v) is 11.9. The highest BCUT2D eigenvalue weighted by molar-refractivity contribution is 7.91. The molecule has 1 N–H and O–H groups in total. The van der Waals surface area contributed by atoms with Gasteiger partial charge in [0.15, 0.2) is 15.0 Å². The van der Waals surface area contributed by atoms with E-state index in [2.05, 4.69) is 53.3 Å². The topological polar surface area (TPSA) is 100 Å². The average molecular weight is 580 g/mol. The van der Waals surface area contributed by atoms with Crippen LogP contribution < -0.4 is 9.64 Å². The summed E-state index contributed by atoms with van der Waals surface area (Å²) in [5.74, 6) is 1.59. The molecule has 10 heteroatoms. The van der Waals surface area contributed by atoms with Gasteiger partial charge in [-0.15, -0.1) is 11.3 Å². The molecule has 2 aromatic carbocycles. The van der Waals surface area contributed by atoms with E-state index in [0.717, 1.165) is 58.5 Å². The number of carboxylic acid groups (broad SMARTS) is 1. The fourth-order valence-corrected chi connectivity index (χ4v) is 9.12. The summed E-state index contributed by atoms with van der Waals surface area (Å²) in [6, 6.07) is 12.6. The first kappa shape index (κ1) is 26.0. The third kappa shape index (κ3) is 4.31. The second kappa shape index (κ2) is 9.29. The zero-order chi connectivity index (χ0) is 27.8. The maximum atomic E-state index is 11.7. The molecule has 3 aliphatic heterocycles. The Labute approximate surface area is 238 Å². The van der Waals surface area contributed by atoms with E-state index in [1.54, 1.807) is 11.3 Å². The van der Waals surface area contributed by atoms with Gasteiger partial charge in [-0.05, 0) is 60.4 Å². The van der Waals surface area contributed by atoms with Crippen LogP contribution in [0.25, 0.3) is 11.3 Å². The summed E-state index contributed by atoms with van der Waals surface area (Å²) >= 11 is 1.61. The molecule has 4 heterocycles. The van der Waals surface area contributed by atoms with Gasteiger partial charge in [0, 0.05) is 43.7 Å². The molecule has 8 rings (SSSR count). The molecule has 2 aliphatic carbocycles. The lowest BCUT2D eigenvalue weighted by atomic mass is 9.91. The van der Waals surface area contributed by atoms with Gasteiger partial charge < -0.3 is 14.7 Å². The molecule has 3 aromatic rings. The zero-order valence-electron chi connectivity index (χ0n) is 22.7. The Morgan fingerprint density at radius 1 is 1.12 bits per heavy atom. The van der Waals surface area contributed by atoms with Crippen LogP contribution in [0, 0.1) is 37.0 Å². The summed E-state index contributed by atoms with van der Waals surface area (Å²) in [7, 11) is -2.88. The van der Waals surface area contributed by atoms with E-state index < -0.39 is 21.2 Å². The summed E-state index contributed by atoms with van der Waals surface area (Å²) < 4.78 is 29.8. The normalized spacial score (nSPS) is 28.1. The number of anilines is 1. The van der Waals surface area contributed by atoms with Gasteiger partial charge in [0.05, 0.1) is 22.6 Å². The molecular weight excluding hydrogens is 546 g/mol. The molecule has 8 nitrogen and oxygen atoms in total. The van der Waals surface area contributed by atoms with Gasteiger partial charge in [0.1, 0.15) is 12.4 Å². The number of carboxylic acids is 1. The Morgan fingerprint density at radius 3 is 2.55 bits per heavy atom. The molecule has 2 bridgehead atoms.